The molecule has 1 atom stereocenters. The van der Waals surface area contributed by atoms with E-state index in [2.05, 4.69) is 21.2 Å². The largest absolute Gasteiger partial charge is 0.495 e. The van der Waals surface area contributed by atoms with Gasteiger partial charge in [0.15, 0.2) is 0 Å². The minimum atomic E-state index is -3.90. The lowest BCUT2D eigenvalue weighted by atomic mass is 10.0. The fraction of sp³-hybridized carbons (Fsp3) is 0.333. The molecule has 3 rings (SSSR count). The van der Waals surface area contributed by atoms with E-state index in [1.54, 1.807) is 6.07 Å². The van der Waals surface area contributed by atoms with Crippen molar-refractivity contribution in [3.8, 4) is 5.75 Å². The molecule has 1 unspecified atom stereocenters. The van der Waals surface area contributed by atoms with Gasteiger partial charge in [-0.25, -0.2) is 8.42 Å². The number of ether oxygens (including phenoxy) is 1. The second-order valence-electron chi connectivity index (χ2n) is 9.59. The molecule has 0 aliphatic rings. The standard InChI is InChI=1S/C30H35BrClN3O5S/c1-4-5-17-33-30(37)27(18-22-9-7-6-8-10-22)34(20-23-11-13-24(31)14-12-23)29(36)21-35(41(3,38)39)25-15-16-28(40-2)26(32)19-25/h6-16,19,27H,4-5,17-18,20-21H2,1-3H3,(H,33,37). The fourth-order valence-corrected chi connectivity index (χ4v) is 5.63. The molecule has 0 saturated carbocycles. The molecule has 0 spiro atoms. The summed E-state index contributed by atoms with van der Waals surface area (Å²) in [5.74, 6) is -0.457. The third-order valence-corrected chi connectivity index (χ3v) is 8.43. The van der Waals surface area contributed by atoms with Crippen LogP contribution in [0.25, 0.3) is 0 Å². The van der Waals surface area contributed by atoms with Crippen molar-refractivity contribution in [3.63, 3.8) is 0 Å². The number of hydrogen-bond acceptors (Lipinski definition) is 5. The lowest BCUT2D eigenvalue weighted by Crippen LogP contribution is -2.53. The molecule has 1 N–H and O–H groups in total. The van der Waals surface area contributed by atoms with Gasteiger partial charge in [-0.15, -0.1) is 0 Å². The number of unbranched alkanes of at least 4 members (excludes halogenated alkanes) is 1. The molecule has 11 heteroatoms. The number of sulfonamides is 1. The van der Waals surface area contributed by atoms with Crippen molar-refractivity contribution in [1.29, 1.82) is 0 Å². The van der Waals surface area contributed by atoms with Crippen molar-refractivity contribution in [2.24, 2.45) is 0 Å². The predicted octanol–water partition coefficient (Wildman–Crippen LogP) is 5.43. The second-order valence-corrected chi connectivity index (χ2v) is 12.8. The Labute approximate surface area is 255 Å². The Bertz CT molecular complexity index is 1420. The third-order valence-electron chi connectivity index (χ3n) is 6.47. The Morgan fingerprint density at radius 3 is 2.29 bits per heavy atom. The van der Waals surface area contributed by atoms with Crippen LogP contribution in [0, 0.1) is 0 Å². The topological polar surface area (TPSA) is 96.0 Å². The summed E-state index contributed by atoms with van der Waals surface area (Å²) in [6.07, 6.45) is 2.98. The molecule has 8 nitrogen and oxygen atoms in total. The quantitative estimate of drug-likeness (QED) is 0.232. The van der Waals surface area contributed by atoms with Crippen LogP contribution in [-0.4, -0.2) is 57.6 Å². The molecular formula is C30H35BrClN3O5S. The first-order valence-electron chi connectivity index (χ1n) is 13.2. The van der Waals surface area contributed by atoms with E-state index in [9.17, 15) is 18.0 Å². The molecule has 0 aliphatic carbocycles. The number of nitrogens with one attached hydrogen (secondary N) is 1. The molecule has 0 aromatic heterocycles. The molecule has 2 amide bonds. The van der Waals surface area contributed by atoms with Gasteiger partial charge in [0.2, 0.25) is 21.8 Å². The van der Waals surface area contributed by atoms with E-state index in [4.69, 9.17) is 16.3 Å². The van der Waals surface area contributed by atoms with Crippen LogP contribution >= 0.6 is 27.5 Å². The number of rotatable bonds is 14. The smallest absolute Gasteiger partial charge is 0.244 e. The first-order chi connectivity index (χ1) is 19.5. The van der Waals surface area contributed by atoms with Crippen LogP contribution in [0.5, 0.6) is 5.75 Å². The number of benzene rings is 3. The first kappa shape index (κ1) is 32.4. The Morgan fingerprint density at radius 2 is 1.71 bits per heavy atom. The van der Waals surface area contributed by atoms with E-state index in [0.717, 1.165) is 39.0 Å². The van der Waals surface area contributed by atoms with Crippen LogP contribution in [-0.2, 0) is 32.6 Å². The highest BCUT2D eigenvalue weighted by molar-refractivity contribution is 9.10. The highest BCUT2D eigenvalue weighted by Gasteiger charge is 2.33. The number of nitrogens with zero attached hydrogens (tertiary/aromatic N) is 2. The van der Waals surface area contributed by atoms with Gasteiger partial charge >= 0.3 is 0 Å². The van der Waals surface area contributed by atoms with E-state index in [0.29, 0.717) is 12.3 Å². The monoisotopic (exact) mass is 663 g/mol. The minimum absolute atomic E-state index is 0.103. The number of methoxy groups -OCH3 is 1. The van der Waals surface area contributed by atoms with E-state index in [1.807, 2.05) is 61.5 Å². The van der Waals surface area contributed by atoms with Gasteiger partial charge in [-0.05, 0) is 47.9 Å². The molecule has 0 radical (unpaired) electrons. The van der Waals surface area contributed by atoms with Crippen LogP contribution < -0.4 is 14.4 Å². The maximum atomic E-state index is 14.1. The normalized spacial score (nSPS) is 11.9. The highest BCUT2D eigenvalue weighted by Crippen LogP contribution is 2.30. The van der Waals surface area contributed by atoms with Crippen molar-refractivity contribution < 1.29 is 22.7 Å². The highest BCUT2D eigenvalue weighted by atomic mass is 79.9. The van der Waals surface area contributed by atoms with Crippen LogP contribution in [0.15, 0.2) is 77.3 Å². The number of amides is 2. The zero-order valence-electron chi connectivity index (χ0n) is 23.3. The van der Waals surface area contributed by atoms with Gasteiger partial charge in [0, 0.05) is 24.0 Å². The summed E-state index contributed by atoms with van der Waals surface area (Å²) in [7, 11) is -2.45. The predicted molar refractivity (Wildman–Crippen MR) is 167 cm³/mol. The summed E-state index contributed by atoms with van der Waals surface area (Å²) in [4.78, 5) is 29.2. The molecular weight excluding hydrogens is 630 g/mol. The van der Waals surface area contributed by atoms with E-state index >= 15 is 0 Å². The maximum absolute atomic E-state index is 14.1. The Kier molecular flexibility index (Phi) is 12.1. The Morgan fingerprint density at radius 1 is 1.02 bits per heavy atom. The van der Waals surface area contributed by atoms with E-state index < -0.39 is 28.5 Å². The van der Waals surface area contributed by atoms with Gasteiger partial charge in [0.25, 0.3) is 0 Å². The van der Waals surface area contributed by atoms with Crippen LogP contribution in [0.2, 0.25) is 5.02 Å². The molecule has 3 aromatic rings. The van der Waals surface area contributed by atoms with E-state index in [-0.39, 0.29) is 29.6 Å². The fourth-order valence-electron chi connectivity index (χ4n) is 4.27. The van der Waals surface area contributed by atoms with Crippen molar-refractivity contribution in [3.05, 3.63) is 93.4 Å². The number of hydrogen-bond donors (Lipinski definition) is 1. The Balaban J connectivity index is 2.04. The first-order valence-corrected chi connectivity index (χ1v) is 16.2. The number of halogens is 2. The lowest BCUT2D eigenvalue weighted by molar-refractivity contribution is -0.140. The van der Waals surface area contributed by atoms with E-state index in [1.165, 1.54) is 24.1 Å². The Hall–Kier alpha value is -3.08. The van der Waals surface area contributed by atoms with Gasteiger partial charge in [0.1, 0.15) is 18.3 Å². The minimum Gasteiger partial charge on any atom is -0.495 e. The van der Waals surface area contributed by atoms with Crippen molar-refractivity contribution in [1.82, 2.24) is 10.2 Å². The third kappa shape index (κ3) is 9.48. The summed E-state index contributed by atoms with van der Waals surface area (Å²) in [6.45, 7) is 2.08. The lowest BCUT2D eigenvalue weighted by Gasteiger charge is -2.33. The van der Waals surface area contributed by atoms with Crippen molar-refractivity contribution >= 4 is 55.1 Å². The van der Waals surface area contributed by atoms with Crippen molar-refractivity contribution in [2.75, 3.05) is 30.8 Å². The molecule has 0 fully saturated rings. The molecule has 220 valence electrons. The van der Waals surface area contributed by atoms with Crippen molar-refractivity contribution in [2.45, 2.75) is 38.8 Å². The summed E-state index contributed by atoms with van der Waals surface area (Å²) in [5.41, 5.74) is 1.88. The maximum Gasteiger partial charge on any atom is 0.244 e. The van der Waals surface area contributed by atoms with Crippen LogP contribution in [0.4, 0.5) is 5.69 Å². The second kappa shape index (κ2) is 15.2. The summed E-state index contributed by atoms with van der Waals surface area (Å²) >= 11 is 9.72. The molecule has 41 heavy (non-hydrogen) atoms. The summed E-state index contributed by atoms with van der Waals surface area (Å²) < 4.78 is 32.9. The summed E-state index contributed by atoms with van der Waals surface area (Å²) in [5, 5.41) is 3.17. The SMILES string of the molecule is CCCCNC(=O)C(Cc1ccccc1)N(Cc1ccc(Br)cc1)C(=O)CN(c1ccc(OC)c(Cl)c1)S(C)(=O)=O. The molecule has 0 aliphatic heterocycles. The molecule has 0 heterocycles. The number of carbonyl (C=O) groups excluding carboxylic acids is 2. The van der Waals surface area contributed by atoms with Gasteiger partial charge in [-0.1, -0.05) is 83.3 Å². The average Bonchev–Trinajstić information content (AvgIpc) is 2.94. The van der Waals surface area contributed by atoms with Crippen LogP contribution in [0.3, 0.4) is 0 Å². The van der Waals surface area contributed by atoms with Gasteiger partial charge in [0.05, 0.1) is 24.1 Å². The van der Waals surface area contributed by atoms with Gasteiger partial charge < -0.3 is 15.0 Å². The van der Waals surface area contributed by atoms with Crippen LogP contribution in [0.1, 0.15) is 30.9 Å². The molecule has 0 bridgehead atoms. The van der Waals surface area contributed by atoms with Gasteiger partial charge in [-0.2, -0.15) is 0 Å². The number of carbonyl (C=O) groups is 2. The number of anilines is 1. The summed E-state index contributed by atoms with van der Waals surface area (Å²) in [6, 6.07) is 20.5. The zero-order valence-corrected chi connectivity index (χ0v) is 26.5. The average molecular weight is 665 g/mol. The van der Waals surface area contributed by atoms with Gasteiger partial charge in [-0.3, -0.25) is 13.9 Å². The zero-order chi connectivity index (χ0) is 30.0. The molecule has 3 aromatic carbocycles. The molecule has 0 saturated heterocycles.